The Kier molecular flexibility index (Phi) is 5.71. The maximum atomic E-state index is 13.4. The highest BCUT2D eigenvalue weighted by atomic mass is 16.5. The number of imide groups is 1. The molecule has 32 heavy (non-hydrogen) atoms. The summed E-state index contributed by atoms with van der Waals surface area (Å²) in [5, 5.41) is 4.09. The summed E-state index contributed by atoms with van der Waals surface area (Å²) in [4.78, 5) is 34.3. The molecule has 1 saturated heterocycles. The van der Waals surface area contributed by atoms with E-state index in [-0.39, 0.29) is 30.4 Å². The van der Waals surface area contributed by atoms with E-state index in [0.29, 0.717) is 24.7 Å². The molecule has 2 atom stereocenters. The van der Waals surface area contributed by atoms with Crippen LogP contribution in [0.5, 0.6) is 0 Å². The molecular formula is C25H26N4O3. The molecule has 0 N–H and O–H groups in total. The van der Waals surface area contributed by atoms with Crippen LogP contribution in [0.2, 0.25) is 0 Å². The Bertz CT molecular complexity index is 1080. The Hall–Kier alpha value is -3.48. The summed E-state index contributed by atoms with van der Waals surface area (Å²) in [7, 11) is 0. The van der Waals surface area contributed by atoms with Crippen LogP contribution in [-0.4, -0.2) is 44.5 Å². The molecular weight excluding hydrogens is 404 g/mol. The SMILES string of the molecule is O=C1C2CCCCC2N(Cc2nc(-c3ccccc3)no2)C(=O)N1CCc1ccccc1. The molecule has 1 aliphatic heterocycles. The van der Waals surface area contributed by atoms with Gasteiger partial charge in [0.1, 0.15) is 6.54 Å². The molecule has 7 nitrogen and oxygen atoms in total. The highest BCUT2D eigenvalue weighted by Gasteiger charge is 2.47. The quantitative estimate of drug-likeness (QED) is 0.582. The van der Waals surface area contributed by atoms with Gasteiger partial charge in [0.15, 0.2) is 0 Å². The molecule has 7 heteroatoms. The fourth-order valence-electron chi connectivity index (χ4n) is 4.81. The minimum absolute atomic E-state index is 0.0395. The number of urea groups is 1. The van der Waals surface area contributed by atoms with Gasteiger partial charge in [-0.3, -0.25) is 9.69 Å². The number of fused-ring (bicyclic) bond motifs is 1. The van der Waals surface area contributed by atoms with Crippen molar-refractivity contribution in [2.45, 2.75) is 44.7 Å². The lowest BCUT2D eigenvalue weighted by molar-refractivity contribution is -0.140. The molecule has 0 spiro atoms. The van der Waals surface area contributed by atoms with Gasteiger partial charge < -0.3 is 9.42 Å². The van der Waals surface area contributed by atoms with Gasteiger partial charge in [-0.2, -0.15) is 4.98 Å². The van der Waals surface area contributed by atoms with Gasteiger partial charge in [0.25, 0.3) is 0 Å². The Labute approximate surface area is 187 Å². The average molecular weight is 431 g/mol. The van der Waals surface area contributed by atoms with Gasteiger partial charge in [0.05, 0.1) is 5.92 Å². The number of hydrogen-bond acceptors (Lipinski definition) is 5. The number of carbonyl (C=O) groups excluding carboxylic acids is 2. The third kappa shape index (κ3) is 4.02. The van der Waals surface area contributed by atoms with Crippen molar-refractivity contribution in [3.8, 4) is 11.4 Å². The molecule has 3 amide bonds. The van der Waals surface area contributed by atoms with Crippen molar-refractivity contribution < 1.29 is 14.1 Å². The van der Waals surface area contributed by atoms with E-state index in [1.54, 1.807) is 4.90 Å². The molecule has 2 aromatic carbocycles. The van der Waals surface area contributed by atoms with Crippen LogP contribution >= 0.6 is 0 Å². The number of benzene rings is 2. The first kappa shape index (κ1) is 20.4. The van der Waals surface area contributed by atoms with Crippen LogP contribution in [0.4, 0.5) is 4.79 Å². The minimum atomic E-state index is -0.256. The van der Waals surface area contributed by atoms with Crippen molar-refractivity contribution in [3.63, 3.8) is 0 Å². The topological polar surface area (TPSA) is 79.5 Å². The number of aromatic nitrogens is 2. The molecule has 2 heterocycles. The molecule has 0 radical (unpaired) electrons. The average Bonchev–Trinajstić information content (AvgIpc) is 3.32. The molecule has 1 aromatic heterocycles. The van der Waals surface area contributed by atoms with Crippen LogP contribution in [0.1, 0.15) is 37.1 Å². The van der Waals surface area contributed by atoms with Crippen molar-refractivity contribution in [2.24, 2.45) is 5.92 Å². The Morgan fingerprint density at radius 2 is 1.66 bits per heavy atom. The van der Waals surface area contributed by atoms with E-state index in [9.17, 15) is 9.59 Å². The highest BCUT2D eigenvalue weighted by Crippen LogP contribution is 2.35. The van der Waals surface area contributed by atoms with Crippen LogP contribution in [0, 0.1) is 5.92 Å². The Morgan fingerprint density at radius 3 is 2.44 bits per heavy atom. The normalized spacial score (nSPS) is 21.0. The van der Waals surface area contributed by atoms with E-state index in [1.807, 2.05) is 60.7 Å². The maximum Gasteiger partial charge on any atom is 0.327 e. The zero-order valence-electron chi connectivity index (χ0n) is 17.9. The van der Waals surface area contributed by atoms with Gasteiger partial charge in [-0.1, -0.05) is 78.7 Å². The Morgan fingerprint density at radius 1 is 0.938 bits per heavy atom. The first-order valence-electron chi connectivity index (χ1n) is 11.2. The van der Waals surface area contributed by atoms with E-state index in [2.05, 4.69) is 10.1 Å². The van der Waals surface area contributed by atoms with Gasteiger partial charge >= 0.3 is 6.03 Å². The van der Waals surface area contributed by atoms with E-state index in [4.69, 9.17) is 4.52 Å². The number of hydrogen-bond donors (Lipinski definition) is 0. The van der Waals surface area contributed by atoms with E-state index in [1.165, 1.54) is 4.90 Å². The molecule has 1 aliphatic carbocycles. The molecule has 0 bridgehead atoms. The number of carbonyl (C=O) groups is 2. The van der Waals surface area contributed by atoms with Crippen molar-refractivity contribution in [3.05, 3.63) is 72.1 Å². The fraction of sp³-hybridized carbons (Fsp3) is 0.360. The monoisotopic (exact) mass is 430 g/mol. The third-order valence-electron chi connectivity index (χ3n) is 6.46. The van der Waals surface area contributed by atoms with Gasteiger partial charge in [-0.15, -0.1) is 0 Å². The highest BCUT2D eigenvalue weighted by molar-refractivity contribution is 5.98. The summed E-state index contributed by atoms with van der Waals surface area (Å²) < 4.78 is 5.48. The van der Waals surface area contributed by atoms with Crippen LogP contribution in [0.15, 0.2) is 65.2 Å². The lowest BCUT2D eigenvalue weighted by atomic mass is 9.81. The van der Waals surface area contributed by atoms with Gasteiger partial charge in [-0.05, 0) is 24.8 Å². The second-order valence-electron chi connectivity index (χ2n) is 8.47. The summed E-state index contributed by atoms with van der Waals surface area (Å²) in [6.07, 6.45) is 4.31. The number of amides is 3. The van der Waals surface area contributed by atoms with Crippen molar-refractivity contribution in [1.82, 2.24) is 19.9 Å². The van der Waals surface area contributed by atoms with Gasteiger partial charge in [-0.25, -0.2) is 4.79 Å². The van der Waals surface area contributed by atoms with E-state index in [0.717, 1.165) is 36.8 Å². The van der Waals surface area contributed by atoms with Crippen molar-refractivity contribution in [1.29, 1.82) is 0 Å². The smallest absolute Gasteiger partial charge is 0.327 e. The lowest BCUT2D eigenvalue weighted by Gasteiger charge is -2.46. The van der Waals surface area contributed by atoms with Crippen molar-refractivity contribution in [2.75, 3.05) is 6.54 Å². The molecule has 164 valence electrons. The standard InChI is InChI=1S/C25H26N4O3/c30-24-20-13-7-8-14-21(20)29(25(31)28(24)16-15-18-9-3-1-4-10-18)17-22-26-23(27-32-22)19-11-5-2-6-12-19/h1-6,9-12,20-21H,7-8,13-17H2. The zero-order valence-corrected chi connectivity index (χ0v) is 17.9. The zero-order chi connectivity index (χ0) is 21.9. The van der Waals surface area contributed by atoms with Gasteiger partial charge in [0, 0.05) is 18.2 Å². The van der Waals surface area contributed by atoms with Crippen molar-refractivity contribution >= 4 is 11.9 Å². The predicted molar refractivity (Wildman–Crippen MR) is 118 cm³/mol. The van der Waals surface area contributed by atoms with E-state index >= 15 is 0 Å². The third-order valence-corrected chi connectivity index (χ3v) is 6.46. The second kappa shape index (κ2) is 8.94. The summed E-state index contributed by atoms with van der Waals surface area (Å²) in [5.41, 5.74) is 1.97. The maximum absolute atomic E-state index is 13.4. The largest absolute Gasteiger partial charge is 0.337 e. The summed E-state index contributed by atoms with van der Waals surface area (Å²) in [6.45, 7) is 0.593. The molecule has 2 fully saturated rings. The van der Waals surface area contributed by atoms with Crippen LogP contribution in [-0.2, 0) is 17.8 Å². The Balaban J connectivity index is 1.36. The molecule has 1 saturated carbocycles. The lowest BCUT2D eigenvalue weighted by Crippen LogP contribution is -2.62. The summed E-state index contributed by atoms with van der Waals surface area (Å²) in [5.74, 6) is 0.692. The first-order chi connectivity index (χ1) is 15.7. The first-order valence-corrected chi connectivity index (χ1v) is 11.2. The van der Waals surface area contributed by atoms with Crippen LogP contribution < -0.4 is 0 Å². The summed E-state index contributed by atoms with van der Waals surface area (Å²) >= 11 is 0. The second-order valence-corrected chi connectivity index (χ2v) is 8.47. The number of nitrogens with zero attached hydrogens (tertiary/aromatic N) is 4. The predicted octanol–water partition coefficient (Wildman–Crippen LogP) is 4.30. The minimum Gasteiger partial charge on any atom is -0.337 e. The van der Waals surface area contributed by atoms with Gasteiger partial charge in [0.2, 0.25) is 17.6 Å². The molecule has 5 rings (SSSR count). The molecule has 2 unspecified atom stereocenters. The summed E-state index contributed by atoms with van der Waals surface area (Å²) in [6, 6.07) is 19.2. The fourth-order valence-corrected chi connectivity index (χ4v) is 4.81. The molecule has 2 aliphatic rings. The van der Waals surface area contributed by atoms with Crippen LogP contribution in [0.25, 0.3) is 11.4 Å². The molecule has 3 aromatic rings. The van der Waals surface area contributed by atoms with E-state index < -0.39 is 0 Å². The number of rotatable bonds is 6. The van der Waals surface area contributed by atoms with Crippen LogP contribution in [0.3, 0.4) is 0 Å².